The van der Waals surface area contributed by atoms with Crippen LogP contribution in [0.15, 0.2) is 54.7 Å². The predicted molar refractivity (Wildman–Crippen MR) is 86.7 cm³/mol. The third kappa shape index (κ3) is 2.41. The third-order valence-corrected chi connectivity index (χ3v) is 3.56. The van der Waals surface area contributed by atoms with Crippen molar-refractivity contribution in [2.24, 2.45) is 0 Å². The number of hydrogen-bond acceptors (Lipinski definition) is 2. The van der Waals surface area contributed by atoms with E-state index in [1.165, 1.54) is 0 Å². The van der Waals surface area contributed by atoms with E-state index in [1.807, 2.05) is 61.6 Å². The molecule has 1 aliphatic rings. The fourth-order valence-corrected chi connectivity index (χ4v) is 2.68. The Kier molecular flexibility index (Phi) is 3.43. The van der Waals surface area contributed by atoms with Gasteiger partial charge in [-0.3, -0.25) is 9.69 Å². The fourth-order valence-electron chi connectivity index (χ4n) is 2.50. The largest absolute Gasteiger partial charge is 0.383 e. The summed E-state index contributed by atoms with van der Waals surface area (Å²) in [6, 6.07) is 15.1. The molecule has 0 atom stereocenters. The molecule has 0 radical (unpaired) electrons. The molecule has 0 unspecified atom stereocenters. The second kappa shape index (κ2) is 5.26. The Morgan fingerprint density at radius 3 is 2.57 bits per heavy atom. The number of fused-ring (bicyclic) bond motifs is 1. The smallest absolute Gasteiger partial charge is 0.265 e. The molecule has 0 bridgehead atoms. The number of amides is 1. The molecule has 0 fully saturated rings. The van der Waals surface area contributed by atoms with Crippen LogP contribution in [0.5, 0.6) is 0 Å². The van der Waals surface area contributed by atoms with Crippen molar-refractivity contribution in [3.63, 3.8) is 0 Å². The van der Waals surface area contributed by atoms with Crippen LogP contribution >= 0.6 is 11.6 Å². The molecular formula is C17H15ClN2O. The van der Waals surface area contributed by atoms with Crippen LogP contribution in [0.25, 0.3) is 5.57 Å². The van der Waals surface area contributed by atoms with Crippen LogP contribution < -0.4 is 4.90 Å². The van der Waals surface area contributed by atoms with Crippen molar-refractivity contribution in [1.82, 2.24) is 4.90 Å². The molecule has 0 saturated carbocycles. The van der Waals surface area contributed by atoms with Crippen molar-refractivity contribution < 1.29 is 4.79 Å². The van der Waals surface area contributed by atoms with Crippen LogP contribution in [0.3, 0.4) is 0 Å². The molecular weight excluding hydrogens is 284 g/mol. The molecule has 0 saturated heterocycles. The Morgan fingerprint density at radius 1 is 1.10 bits per heavy atom. The summed E-state index contributed by atoms with van der Waals surface area (Å²) < 4.78 is 0. The summed E-state index contributed by atoms with van der Waals surface area (Å²) in [5, 5.41) is 0.614. The normalized spacial score (nSPS) is 15.5. The zero-order valence-corrected chi connectivity index (χ0v) is 12.6. The van der Waals surface area contributed by atoms with E-state index < -0.39 is 0 Å². The van der Waals surface area contributed by atoms with Crippen molar-refractivity contribution in [3.05, 3.63) is 65.3 Å². The van der Waals surface area contributed by atoms with E-state index in [4.69, 9.17) is 11.6 Å². The van der Waals surface area contributed by atoms with Gasteiger partial charge in [0.1, 0.15) is 0 Å². The van der Waals surface area contributed by atoms with E-state index in [0.29, 0.717) is 10.6 Å². The summed E-state index contributed by atoms with van der Waals surface area (Å²) in [7, 11) is 3.82. The van der Waals surface area contributed by atoms with Gasteiger partial charge in [-0.1, -0.05) is 35.9 Å². The quantitative estimate of drug-likeness (QED) is 0.785. The second-order valence-corrected chi connectivity index (χ2v) is 5.58. The zero-order chi connectivity index (χ0) is 15.0. The Balaban J connectivity index is 2.17. The van der Waals surface area contributed by atoms with Gasteiger partial charge in [0.15, 0.2) is 0 Å². The maximum Gasteiger partial charge on any atom is 0.265 e. The number of halogens is 1. The van der Waals surface area contributed by atoms with Gasteiger partial charge in [-0.25, -0.2) is 0 Å². The maximum atomic E-state index is 12.8. The Labute approximate surface area is 129 Å². The minimum Gasteiger partial charge on any atom is -0.383 e. The van der Waals surface area contributed by atoms with E-state index in [0.717, 1.165) is 16.9 Å². The Bertz CT molecular complexity index is 737. The highest BCUT2D eigenvalue weighted by Crippen LogP contribution is 2.41. The number of carbonyl (C=O) groups is 1. The van der Waals surface area contributed by atoms with Gasteiger partial charge in [-0.05, 0) is 24.3 Å². The first kappa shape index (κ1) is 13.7. The molecule has 0 N–H and O–H groups in total. The van der Waals surface area contributed by atoms with Crippen molar-refractivity contribution in [1.29, 1.82) is 0 Å². The summed E-state index contributed by atoms with van der Waals surface area (Å²) in [5.74, 6) is -0.0350. The summed E-state index contributed by atoms with van der Waals surface area (Å²) >= 11 is 6.06. The number of hydrogen-bond donors (Lipinski definition) is 0. The minimum absolute atomic E-state index is 0.0350. The lowest BCUT2D eigenvalue weighted by Gasteiger charge is -2.17. The van der Waals surface area contributed by atoms with Gasteiger partial charge in [0.2, 0.25) is 0 Å². The van der Waals surface area contributed by atoms with E-state index in [1.54, 1.807) is 17.0 Å². The predicted octanol–water partition coefficient (Wildman–Crippen LogP) is 3.92. The van der Waals surface area contributed by atoms with E-state index in [-0.39, 0.29) is 5.91 Å². The van der Waals surface area contributed by atoms with E-state index in [9.17, 15) is 4.79 Å². The standard InChI is InChI=1S/C17H15ClN2O/c1-19(2)11-15-14-8-3-4-9-16(14)20(17(15)21)13-7-5-6-12(18)10-13/h3-11H,1-2H3. The number of rotatable bonds is 2. The lowest BCUT2D eigenvalue weighted by atomic mass is 10.1. The van der Waals surface area contributed by atoms with Gasteiger partial charge in [0, 0.05) is 30.9 Å². The molecule has 2 aromatic rings. The second-order valence-electron chi connectivity index (χ2n) is 5.14. The number of carbonyl (C=O) groups excluding carboxylic acids is 1. The van der Waals surface area contributed by atoms with Gasteiger partial charge in [0.05, 0.1) is 16.9 Å². The van der Waals surface area contributed by atoms with E-state index in [2.05, 4.69) is 0 Å². The SMILES string of the molecule is CN(C)C=C1C(=O)N(c2cccc(Cl)c2)c2ccccc21. The average Bonchev–Trinajstić information content (AvgIpc) is 2.71. The third-order valence-electron chi connectivity index (χ3n) is 3.32. The highest BCUT2D eigenvalue weighted by atomic mass is 35.5. The van der Waals surface area contributed by atoms with Gasteiger partial charge in [-0.2, -0.15) is 0 Å². The van der Waals surface area contributed by atoms with Gasteiger partial charge in [0.25, 0.3) is 5.91 Å². The molecule has 0 aliphatic carbocycles. The van der Waals surface area contributed by atoms with Gasteiger partial charge >= 0.3 is 0 Å². The van der Waals surface area contributed by atoms with Crippen LogP contribution in [-0.4, -0.2) is 24.9 Å². The Hall–Kier alpha value is -2.26. The van der Waals surface area contributed by atoms with Crippen LogP contribution in [0, 0.1) is 0 Å². The van der Waals surface area contributed by atoms with Crippen LogP contribution in [-0.2, 0) is 4.79 Å². The molecule has 0 aromatic heterocycles. The van der Waals surface area contributed by atoms with Crippen molar-refractivity contribution in [2.45, 2.75) is 0 Å². The monoisotopic (exact) mass is 298 g/mol. The number of anilines is 2. The molecule has 1 amide bonds. The van der Waals surface area contributed by atoms with Crippen molar-refractivity contribution >= 4 is 34.5 Å². The highest BCUT2D eigenvalue weighted by Gasteiger charge is 2.33. The van der Waals surface area contributed by atoms with E-state index >= 15 is 0 Å². The average molecular weight is 299 g/mol. The number of para-hydroxylation sites is 1. The summed E-state index contributed by atoms with van der Waals surface area (Å²) in [4.78, 5) is 16.4. The summed E-state index contributed by atoms with van der Waals surface area (Å²) in [6.45, 7) is 0. The van der Waals surface area contributed by atoms with Crippen LogP contribution in [0.1, 0.15) is 5.56 Å². The minimum atomic E-state index is -0.0350. The molecule has 4 heteroatoms. The molecule has 21 heavy (non-hydrogen) atoms. The molecule has 106 valence electrons. The topological polar surface area (TPSA) is 23.6 Å². The Morgan fingerprint density at radius 2 is 1.86 bits per heavy atom. The van der Waals surface area contributed by atoms with Crippen LogP contribution in [0.4, 0.5) is 11.4 Å². The van der Waals surface area contributed by atoms with Crippen molar-refractivity contribution in [3.8, 4) is 0 Å². The maximum absolute atomic E-state index is 12.8. The fraction of sp³-hybridized carbons (Fsp3) is 0.118. The molecule has 1 aliphatic heterocycles. The number of benzene rings is 2. The molecule has 2 aromatic carbocycles. The molecule has 0 spiro atoms. The lowest BCUT2D eigenvalue weighted by Crippen LogP contribution is -2.21. The van der Waals surface area contributed by atoms with Gasteiger partial charge < -0.3 is 4.90 Å². The highest BCUT2D eigenvalue weighted by molar-refractivity contribution is 6.35. The molecule has 3 nitrogen and oxygen atoms in total. The van der Waals surface area contributed by atoms with Gasteiger partial charge in [-0.15, -0.1) is 0 Å². The zero-order valence-electron chi connectivity index (χ0n) is 11.9. The van der Waals surface area contributed by atoms with Crippen LogP contribution in [0.2, 0.25) is 5.02 Å². The van der Waals surface area contributed by atoms with Crippen molar-refractivity contribution in [2.75, 3.05) is 19.0 Å². The first-order valence-corrected chi connectivity index (χ1v) is 7.03. The summed E-state index contributed by atoms with van der Waals surface area (Å²) in [5.41, 5.74) is 3.30. The molecule has 1 heterocycles. The molecule has 3 rings (SSSR count). The number of nitrogens with zero attached hydrogens (tertiary/aromatic N) is 2. The lowest BCUT2D eigenvalue weighted by molar-refractivity contribution is -0.112. The first-order valence-electron chi connectivity index (χ1n) is 6.65. The first-order chi connectivity index (χ1) is 10.1. The summed E-state index contributed by atoms with van der Waals surface area (Å²) in [6.07, 6.45) is 1.85.